The molecule has 4 aliphatic rings. The van der Waals surface area contributed by atoms with E-state index < -0.39 is 34.1 Å². The smallest absolute Gasteiger partial charge is 0.315 e. The summed E-state index contributed by atoms with van der Waals surface area (Å²) in [6, 6.07) is 5.93. The molecule has 16 nitrogen and oxygen atoms in total. The molecule has 6 heterocycles. The van der Waals surface area contributed by atoms with Gasteiger partial charge in [-0.05, 0) is 60.7 Å². The Labute approximate surface area is 302 Å². The van der Waals surface area contributed by atoms with Crippen molar-refractivity contribution in [1.29, 1.82) is 0 Å². The summed E-state index contributed by atoms with van der Waals surface area (Å²) in [7, 11) is 0. The summed E-state index contributed by atoms with van der Waals surface area (Å²) in [5, 5.41) is 13.3. The number of hydrogen-bond donors (Lipinski definition) is 6. The van der Waals surface area contributed by atoms with Crippen LogP contribution < -0.4 is 54.4 Å². The molecule has 0 aliphatic carbocycles. The van der Waals surface area contributed by atoms with Crippen LogP contribution in [-0.4, -0.2) is 79.4 Å². The molecule has 4 aromatic rings. The quantitative estimate of drug-likeness (QED) is 0.0879. The largest absolute Gasteiger partial charge is 0.332 e. The second-order valence-electron chi connectivity index (χ2n) is 13.8. The summed E-state index contributed by atoms with van der Waals surface area (Å²) in [6.45, 7) is 0. The molecule has 18 heteroatoms. The summed E-state index contributed by atoms with van der Waals surface area (Å²) >= 11 is 3.58. The van der Waals surface area contributed by atoms with Crippen molar-refractivity contribution in [2.75, 3.05) is 22.4 Å². The van der Waals surface area contributed by atoms with Gasteiger partial charge in [0.15, 0.2) is 0 Å². The minimum Gasteiger partial charge on any atom is -0.332 e. The Morgan fingerprint density at radius 1 is 0.577 bits per heavy atom. The Morgan fingerprint density at radius 3 is 1.31 bits per heavy atom. The number of benzene rings is 2. The molecular weight excluding hydrogens is 713 g/mol. The maximum absolute atomic E-state index is 13.2. The zero-order valence-corrected chi connectivity index (χ0v) is 29.5. The second-order valence-corrected chi connectivity index (χ2v) is 16.4. The van der Waals surface area contributed by atoms with Crippen molar-refractivity contribution in [3.05, 3.63) is 65.7 Å². The third kappa shape index (κ3) is 6.20. The average Bonchev–Trinajstić information content (AvgIpc) is 3.94. The third-order valence-corrected chi connectivity index (χ3v) is 13.5. The molecule has 4 saturated heterocycles. The van der Waals surface area contributed by atoms with Gasteiger partial charge in [0.1, 0.15) is 0 Å². The lowest BCUT2D eigenvalue weighted by molar-refractivity contribution is -0.118. The minimum atomic E-state index is -0.707. The van der Waals surface area contributed by atoms with Crippen molar-refractivity contribution in [3.63, 3.8) is 0 Å². The first-order chi connectivity index (χ1) is 25.0. The lowest BCUT2D eigenvalue weighted by atomic mass is 10.0. The topological polar surface area (TPSA) is 219 Å². The van der Waals surface area contributed by atoms with Gasteiger partial charge < -0.3 is 21.3 Å². The molecule has 6 N–H and O–H groups in total. The zero-order valence-electron chi connectivity index (χ0n) is 27.8. The van der Waals surface area contributed by atoms with Gasteiger partial charge in [-0.1, -0.05) is 12.8 Å². The van der Waals surface area contributed by atoms with E-state index in [0.29, 0.717) is 33.0 Å². The van der Waals surface area contributed by atoms with Gasteiger partial charge in [0.2, 0.25) is 11.8 Å². The summed E-state index contributed by atoms with van der Waals surface area (Å²) in [5.41, 5.74) is 2.02. The van der Waals surface area contributed by atoms with Crippen LogP contribution in [0.1, 0.15) is 51.4 Å². The van der Waals surface area contributed by atoms with Crippen LogP contribution in [0, 0.1) is 0 Å². The number of nitrogens with one attached hydrogen (secondary N) is 6. The van der Waals surface area contributed by atoms with Crippen LogP contribution in [0.25, 0.3) is 32.3 Å². The maximum atomic E-state index is 13.2. The molecule has 0 spiro atoms. The van der Waals surface area contributed by atoms with E-state index in [1.54, 1.807) is 23.5 Å². The van der Waals surface area contributed by atoms with E-state index >= 15 is 0 Å². The van der Waals surface area contributed by atoms with Crippen molar-refractivity contribution in [2.45, 2.75) is 86.0 Å². The zero-order chi connectivity index (χ0) is 36.3. The van der Waals surface area contributed by atoms with Crippen LogP contribution in [0.3, 0.4) is 0 Å². The molecule has 2 aromatic heterocycles. The number of carbonyl (C=O) groups excluding carboxylic acids is 4. The van der Waals surface area contributed by atoms with Crippen molar-refractivity contribution in [2.24, 2.45) is 0 Å². The Kier molecular flexibility index (Phi) is 8.97. The van der Waals surface area contributed by atoms with Gasteiger partial charge in [0.05, 0.1) is 45.7 Å². The van der Waals surface area contributed by atoms with E-state index in [0.717, 1.165) is 37.2 Å². The lowest BCUT2D eigenvalue weighted by Crippen LogP contribution is -2.37. The van der Waals surface area contributed by atoms with Gasteiger partial charge in [-0.2, -0.15) is 32.9 Å². The van der Waals surface area contributed by atoms with E-state index in [4.69, 9.17) is 0 Å². The Morgan fingerprint density at radius 2 is 0.942 bits per heavy atom. The molecule has 0 radical (unpaired) electrons. The van der Waals surface area contributed by atoms with Crippen LogP contribution in [0.5, 0.6) is 0 Å². The van der Waals surface area contributed by atoms with Gasteiger partial charge >= 0.3 is 12.1 Å². The first kappa shape index (κ1) is 34.3. The Bertz CT molecular complexity index is 2110. The summed E-state index contributed by atoms with van der Waals surface area (Å²) in [6.07, 6.45) is 4.42. The summed E-state index contributed by atoms with van der Waals surface area (Å²) in [4.78, 5) is 102. The first-order valence-electron chi connectivity index (χ1n) is 17.4. The van der Waals surface area contributed by atoms with E-state index in [1.165, 1.54) is 24.3 Å². The number of unbranched alkanes of at least 4 members (excludes halogenated alkanes) is 2. The number of hydrogen-bond acceptors (Lipinski definition) is 10. The van der Waals surface area contributed by atoms with Crippen molar-refractivity contribution in [3.8, 4) is 0 Å². The number of fused-ring (bicyclic) bond motifs is 5. The van der Waals surface area contributed by atoms with Crippen LogP contribution in [0.4, 0.5) is 9.59 Å². The van der Waals surface area contributed by atoms with Crippen LogP contribution in [0.15, 0.2) is 43.4 Å². The molecule has 272 valence electrons. The highest BCUT2D eigenvalue weighted by molar-refractivity contribution is 8.00. The Balaban J connectivity index is 0.902. The van der Waals surface area contributed by atoms with Crippen LogP contribution in [-0.2, 0) is 9.59 Å². The number of rotatable bonds is 12. The van der Waals surface area contributed by atoms with Gasteiger partial charge in [-0.25, -0.2) is 9.59 Å². The van der Waals surface area contributed by atoms with Crippen LogP contribution >= 0.6 is 23.5 Å². The van der Waals surface area contributed by atoms with Gasteiger partial charge in [0.25, 0.3) is 22.2 Å². The fourth-order valence-corrected chi connectivity index (χ4v) is 10.9. The fourth-order valence-electron chi connectivity index (χ4n) is 7.84. The average molecular weight is 749 g/mol. The fraction of sp³-hybridized carbons (Fsp3) is 0.471. The Hall–Kier alpha value is -4.84. The standard InChI is InChI=1S/C34H36N8O8S2/c43-25(7-3-1-5-23-27-21(13-51-23)35-33(49)37-27)39-41-29(45)17-9-15-11-19-20(12-16(15)10-18(17)30(41)46)32(48)42(31(19)47)40-26(44)8-4-2-6-24-28-22(14-52-24)36-34(50)38-28/h9-12,21-24,27-28H,1-8,13-14H2,(H,39,43)(H,40,44)(H2,35,37,49)(H2,36,38,50)/t21-,22-,23+,24+,27-,28-/m1/s1. The predicted octanol–water partition coefficient (Wildman–Crippen LogP) is 0.657. The molecule has 52 heavy (non-hydrogen) atoms. The number of aromatic nitrogens is 2. The van der Waals surface area contributed by atoms with Crippen molar-refractivity contribution >= 4 is 79.7 Å². The molecule has 6 amide bonds. The van der Waals surface area contributed by atoms with Gasteiger partial charge in [-0.3, -0.25) is 39.6 Å². The van der Waals surface area contributed by atoms with Crippen molar-refractivity contribution < 1.29 is 19.2 Å². The van der Waals surface area contributed by atoms with Crippen molar-refractivity contribution in [1.82, 2.24) is 30.6 Å². The van der Waals surface area contributed by atoms with E-state index in [2.05, 4.69) is 32.1 Å². The number of urea groups is 2. The molecular formula is C34H36N8O8S2. The highest BCUT2D eigenvalue weighted by Gasteiger charge is 2.43. The van der Waals surface area contributed by atoms with E-state index in [9.17, 15) is 38.4 Å². The molecule has 2 aromatic carbocycles. The number of nitrogens with zero attached hydrogens (tertiary/aromatic N) is 2. The molecule has 0 bridgehead atoms. The SMILES string of the molecule is O=C(CCCC[C@@H]1SC[C@H]2NC(=O)N[C@@H]12)Nn1c(=O)c2cc3cc4c(=O)n(NC(=O)CCCC[C@@H]5SC[C@H]6NC(=O)N[C@@H]56)c(=O)c4cc3cc2c1=O. The molecule has 6 atom stereocenters. The summed E-state index contributed by atoms with van der Waals surface area (Å²) < 4.78 is 1.38. The monoisotopic (exact) mass is 748 g/mol. The highest BCUT2D eigenvalue weighted by Crippen LogP contribution is 2.34. The molecule has 4 aliphatic heterocycles. The maximum Gasteiger partial charge on any atom is 0.315 e. The summed E-state index contributed by atoms with van der Waals surface area (Å²) in [5.74, 6) is 0.735. The first-order valence-corrected chi connectivity index (χ1v) is 19.5. The second kappa shape index (κ2) is 13.6. The molecule has 0 saturated carbocycles. The van der Waals surface area contributed by atoms with Gasteiger partial charge in [-0.15, -0.1) is 0 Å². The lowest BCUT2D eigenvalue weighted by Gasteiger charge is -2.16. The minimum absolute atomic E-state index is 0.0535. The highest BCUT2D eigenvalue weighted by atomic mass is 32.2. The predicted molar refractivity (Wildman–Crippen MR) is 199 cm³/mol. The van der Waals surface area contributed by atoms with E-state index in [-0.39, 0.29) is 81.1 Å². The van der Waals surface area contributed by atoms with Gasteiger partial charge in [0, 0.05) is 34.8 Å². The molecule has 8 rings (SSSR count). The van der Waals surface area contributed by atoms with Crippen LogP contribution in [0.2, 0.25) is 0 Å². The normalized spacial score (nSPS) is 24.8. The number of carbonyl (C=O) groups is 4. The number of thioether (sulfide) groups is 2. The third-order valence-electron chi connectivity index (χ3n) is 10.5. The molecule has 4 fully saturated rings. The van der Waals surface area contributed by atoms with E-state index in [1.807, 2.05) is 0 Å². The number of amides is 6. The molecule has 0 unspecified atom stereocenters.